The highest BCUT2D eigenvalue weighted by molar-refractivity contribution is 6.20. The SMILES string of the molecule is CC(C)(C)OC(=O)N1CC[C@H](c2cccc(-c3ccccc3)c2)[C@@H](C(=O)N(Cc2cn(CCN3C(=O)C4=C(CCC=C4)C3=O)c3ccccc23)C2CC2)C1. The van der Waals surface area contributed by atoms with E-state index in [0.717, 1.165) is 52.4 Å². The first kappa shape index (κ1) is 35.6. The van der Waals surface area contributed by atoms with Crippen molar-refractivity contribution in [3.63, 3.8) is 0 Å². The van der Waals surface area contributed by atoms with Crippen molar-refractivity contribution in [2.75, 3.05) is 19.6 Å². The Morgan fingerprint density at radius 3 is 2.39 bits per heavy atom. The number of fused-ring (bicyclic) bond motifs is 1. The Kier molecular flexibility index (Phi) is 9.50. The molecule has 0 bridgehead atoms. The van der Waals surface area contributed by atoms with Crippen LogP contribution in [0, 0.1) is 5.92 Å². The summed E-state index contributed by atoms with van der Waals surface area (Å²) in [5, 5.41) is 1.04. The summed E-state index contributed by atoms with van der Waals surface area (Å²) in [5.41, 5.74) is 5.85. The van der Waals surface area contributed by atoms with Gasteiger partial charge in [0.15, 0.2) is 0 Å². The van der Waals surface area contributed by atoms with E-state index in [2.05, 4.69) is 59.3 Å². The molecule has 0 N–H and O–H groups in total. The van der Waals surface area contributed by atoms with Crippen LogP contribution in [-0.2, 0) is 32.2 Å². The molecule has 0 radical (unpaired) electrons. The first-order valence-electron chi connectivity index (χ1n) is 19.3. The third-order valence-corrected chi connectivity index (χ3v) is 11.2. The van der Waals surface area contributed by atoms with Crippen LogP contribution in [0.5, 0.6) is 0 Å². The molecule has 9 heteroatoms. The number of benzene rings is 3. The van der Waals surface area contributed by atoms with Crippen molar-refractivity contribution in [2.24, 2.45) is 5.92 Å². The molecule has 2 atom stereocenters. The van der Waals surface area contributed by atoms with Gasteiger partial charge in [-0.1, -0.05) is 84.9 Å². The number of aromatic nitrogens is 1. The Labute approximate surface area is 316 Å². The summed E-state index contributed by atoms with van der Waals surface area (Å²) in [6, 6.07) is 27.0. The molecular weight excluding hydrogens is 677 g/mol. The zero-order valence-corrected chi connectivity index (χ0v) is 31.4. The van der Waals surface area contributed by atoms with Crippen LogP contribution in [0.3, 0.4) is 0 Å². The number of hydrogen-bond acceptors (Lipinski definition) is 5. The van der Waals surface area contributed by atoms with Gasteiger partial charge >= 0.3 is 6.09 Å². The molecule has 0 unspecified atom stereocenters. The van der Waals surface area contributed by atoms with Crippen molar-refractivity contribution in [2.45, 2.75) is 83.5 Å². The van der Waals surface area contributed by atoms with Crippen molar-refractivity contribution < 1.29 is 23.9 Å². The van der Waals surface area contributed by atoms with E-state index < -0.39 is 11.5 Å². The van der Waals surface area contributed by atoms with Gasteiger partial charge in [0.1, 0.15) is 5.60 Å². The van der Waals surface area contributed by atoms with Gasteiger partial charge in [-0.05, 0) is 87.1 Å². The van der Waals surface area contributed by atoms with Gasteiger partial charge in [0, 0.05) is 67.0 Å². The normalized spacial score (nSPS) is 20.1. The molecule has 4 aromatic rings. The summed E-state index contributed by atoms with van der Waals surface area (Å²) in [6.07, 6.45) is 9.33. The quantitative estimate of drug-likeness (QED) is 0.164. The van der Waals surface area contributed by atoms with Crippen molar-refractivity contribution in [3.8, 4) is 11.1 Å². The number of ether oxygens (including phenoxy) is 1. The molecule has 1 saturated heterocycles. The second-order valence-corrected chi connectivity index (χ2v) is 16.1. The molecule has 3 heterocycles. The second kappa shape index (κ2) is 14.4. The minimum absolute atomic E-state index is 0.0515. The molecule has 1 saturated carbocycles. The third kappa shape index (κ3) is 7.11. The van der Waals surface area contributed by atoms with Gasteiger partial charge in [-0.15, -0.1) is 0 Å². The zero-order valence-electron chi connectivity index (χ0n) is 31.4. The fraction of sp³-hybridized carbons (Fsp3) is 0.378. The Balaban J connectivity index is 1.07. The predicted octanol–water partition coefficient (Wildman–Crippen LogP) is 7.86. The minimum Gasteiger partial charge on any atom is -0.444 e. The van der Waals surface area contributed by atoms with E-state index in [4.69, 9.17) is 4.74 Å². The maximum absolute atomic E-state index is 15.1. The van der Waals surface area contributed by atoms with E-state index in [9.17, 15) is 14.4 Å². The van der Waals surface area contributed by atoms with Gasteiger partial charge in [-0.2, -0.15) is 0 Å². The molecule has 278 valence electrons. The molecule has 9 nitrogen and oxygen atoms in total. The fourth-order valence-corrected chi connectivity index (χ4v) is 8.37. The molecule has 2 aliphatic carbocycles. The third-order valence-electron chi connectivity index (χ3n) is 11.2. The average molecular weight is 725 g/mol. The van der Waals surface area contributed by atoms with Gasteiger partial charge in [0.2, 0.25) is 5.91 Å². The first-order chi connectivity index (χ1) is 26.1. The number of amides is 4. The van der Waals surface area contributed by atoms with E-state index in [-0.39, 0.29) is 48.9 Å². The lowest BCUT2D eigenvalue weighted by atomic mass is 9.79. The molecule has 3 aromatic carbocycles. The summed E-state index contributed by atoms with van der Waals surface area (Å²) in [4.78, 5) is 59.9. The van der Waals surface area contributed by atoms with Crippen molar-refractivity contribution in [1.29, 1.82) is 0 Å². The van der Waals surface area contributed by atoms with Crippen LogP contribution in [-0.4, -0.2) is 74.4 Å². The van der Waals surface area contributed by atoms with Crippen LogP contribution in [0.1, 0.15) is 69.9 Å². The number of nitrogens with zero attached hydrogens (tertiary/aromatic N) is 4. The summed E-state index contributed by atoms with van der Waals surface area (Å²) >= 11 is 0. The second-order valence-electron chi connectivity index (χ2n) is 16.1. The van der Waals surface area contributed by atoms with Crippen LogP contribution in [0.2, 0.25) is 0 Å². The average Bonchev–Trinajstić information content (AvgIpc) is 3.93. The molecular formula is C45H48N4O5. The fourth-order valence-electron chi connectivity index (χ4n) is 8.37. The van der Waals surface area contributed by atoms with Crippen LogP contribution in [0.25, 0.3) is 22.0 Å². The molecule has 8 rings (SSSR count). The molecule has 2 fully saturated rings. The Hall–Kier alpha value is -5.44. The van der Waals surface area contributed by atoms with Gasteiger partial charge < -0.3 is 19.1 Å². The number of likely N-dealkylation sites (tertiary alicyclic amines) is 1. The highest BCUT2D eigenvalue weighted by Crippen LogP contribution is 2.40. The molecule has 4 aliphatic rings. The Morgan fingerprint density at radius 2 is 1.63 bits per heavy atom. The van der Waals surface area contributed by atoms with E-state index in [1.807, 2.05) is 62.1 Å². The van der Waals surface area contributed by atoms with Crippen molar-refractivity contribution in [3.05, 3.63) is 119 Å². The van der Waals surface area contributed by atoms with Crippen LogP contribution in [0.4, 0.5) is 4.79 Å². The van der Waals surface area contributed by atoms with Gasteiger partial charge in [0.05, 0.1) is 5.92 Å². The van der Waals surface area contributed by atoms with E-state index >= 15 is 4.79 Å². The van der Waals surface area contributed by atoms with Gasteiger partial charge in [0.25, 0.3) is 11.8 Å². The zero-order chi connectivity index (χ0) is 37.6. The Bertz CT molecular complexity index is 2170. The lowest BCUT2D eigenvalue weighted by molar-refractivity contribution is -0.140. The lowest BCUT2D eigenvalue weighted by Gasteiger charge is -2.40. The van der Waals surface area contributed by atoms with Crippen LogP contribution < -0.4 is 0 Å². The number of piperidine rings is 1. The van der Waals surface area contributed by atoms with Crippen molar-refractivity contribution >= 4 is 34.7 Å². The van der Waals surface area contributed by atoms with Crippen LogP contribution >= 0.6 is 0 Å². The highest BCUT2D eigenvalue weighted by atomic mass is 16.6. The molecule has 2 aliphatic heterocycles. The van der Waals surface area contributed by atoms with Gasteiger partial charge in [-0.3, -0.25) is 19.3 Å². The Morgan fingerprint density at radius 1 is 0.870 bits per heavy atom. The summed E-state index contributed by atoms with van der Waals surface area (Å²) in [5.74, 6) is -0.878. The first-order valence-corrected chi connectivity index (χ1v) is 19.3. The smallest absolute Gasteiger partial charge is 0.410 e. The number of imide groups is 1. The monoisotopic (exact) mass is 724 g/mol. The number of para-hydroxylation sites is 1. The molecule has 1 aromatic heterocycles. The predicted molar refractivity (Wildman–Crippen MR) is 208 cm³/mol. The molecule has 54 heavy (non-hydrogen) atoms. The maximum Gasteiger partial charge on any atom is 0.410 e. The highest BCUT2D eigenvalue weighted by Gasteiger charge is 2.44. The number of carbonyl (C=O) groups is 4. The van der Waals surface area contributed by atoms with Gasteiger partial charge in [-0.25, -0.2) is 4.79 Å². The van der Waals surface area contributed by atoms with E-state index in [0.29, 0.717) is 43.6 Å². The van der Waals surface area contributed by atoms with E-state index in [1.165, 1.54) is 4.90 Å². The summed E-state index contributed by atoms with van der Waals surface area (Å²) < 4.78 is 7.91. The van der Waals surface area contributed by atoms with Crippen LogP contribution in [0.15, 0.2) is 108 Å². The standard InChI is InChI=1S/C45H48N4O5/c1-45(2,3)54-44(53)47-23-22-35(32-15-11-14-31(26-32)30-12-5-4-6-13-30)39(29-47)43(52)49(34-20-21-34)28-33-27-46(40-19-10-9-16-36(33)40)24-25-48-41(50)37-17-7-8-18-38(37)42(48)51/h4-7,9-17,19,26-27,34-35,39H,8,18,20-25,28-29H2,1-3H3/t35-,39+/m1/s1. The van der Waals surface area contributed by atoms with Crippen molar-refractivity contribution in [1.82, 2.24) is 19.3 Å². The van der Waals surface area contributed by atoms with E-state index in [1.54, 1.807) is 11.0 Å². The molecule has 0 spiro atoms. The minimum atomic E-state index is -0.645. The maximum atomic E-state index is 15.1. The number of hydrogen-bond donors (Lipinski definition) is 0. The summed E-state index contributed by atoms with van der Waals surface area (Å²) in [7, 11) is 0. The summed E-state index contributed by atoms with van der Waals surface area (Å²) in [6.45, 7) is 7.53. The number of allylic oxidation sites excluding steroid dienone is 1. The topological polar surface area (TPSA) is 92.2 Å². The number of rotatable bonds is 9. The lowest BCUT2D eigenvalue weighted by Crippen LogP contribution is -2.51. The largest absolute Gasteiger partial charge is 0.444 e. The molecule has 4 amide bonds. The number of carbonyl (C=O) groups excluding carboxylic acids is 4.